The first kappa shape index (κ1) is 10.4. The van der Waals surface area contributed by atoms with Crippen LogP contribution in [0.1, 0.15) is 5.56 Å². The third-order valence-electron chi connectivity index (χ3n) is 1.46. The highest BCUT2D eigenvalue weighted by Gasteiger charge is 2.16. The van der Waals surface area contributed by atoms with Crippen LogP contribution in [-0.4, -0.2) is 16.3 Å². The Bertz CT molecular complexity index is 408. The number of halogens is 2. The van der Waals surface area contributed by atoms with Crippen molar-refractivity contribution >= 4 is 23.5 Å². The lowest BCUT2D eigenvalue weighted by Gasteiger charge is -1.98. The lowest BCUT2D eigenvalue weighted by Crippen LogP contribution is -1.95. The summed E-state index contributed by atoms with van der Waals surface area (Å²) < 4.78 is 12.9. The van der Waals surface area contributed by atoms with Crippen molar-refractivity contribution in [2.75, 3.05) is 0 Å². The second kappa shape index (κ2) is 4.01. The molecule has 0 aliphatic rings. The van der Waals surface area contributed by atoms with E-state index in [0.717, 1.165) is 18.3 Å². The maximum Gasteiger partial charge on any atom is 0.305 e. The molecule has 1 N–H and O–H groups in total. The van der Waals surface area contributed by atoms with Gasteiger partial charge in [0.1, 0.15) is 0 Å². The van der Waals surface area contributed by atoms with Gasteiger partial charge in [0.2, 0.25) is 5.82 Å². The lowest BCUT2D eigenvalue weighted by molar-refractivity contribution is -0.387. The predicted molar refractivity (Wildman–Crippen MR) is 47.4 cm³/mol. The number of nitrogens with zero attached hydrogens (tertiary/aromatic N) is 2. The molecule has 0 atom stereocenters. The monoisotopic (exact) mass is 218 g/mol. The van der Waals surface area contributed by atoms with Gasteiger partial charge in [-0.25, -0.2) is 0 Å². The van der Waals surface area contributed by atoms with E-state index in [1.54, 1.807) is 0 Å². The van der Waals surface area contributed by atoms with Crippen LogP contribution < -0.4 is 0 Å². The number of rotatable bonds is 2. The topological polar surface area (TPSA) is 75.7 Å². The van der Waals surface area contributed by atoms with Crippen molar-refractivity contribution in [3.63, 3.8) is 0 Å². The van der Waals surface area contributed by atoms with Crippen molar-refractivity contribution in [3.05, 3.63) is 38.7 Å². The number of hydrogen-bond donors (Lipinski definition) is 1. The van der Waals surface area contributed by atoms with Crippen LogP contribution in [0.2, 0.25) is 5.02 Å². The van der Waals surface area contributed by atoms with E-state index in [1.807, 2.05) is 0 Å². The van der Waals surface area contributed by atoms with Crippen molar-refractivity contribution in [1.29, 1.82) is 0 Å². The van der Waals surface area contributed by atoms with Crippen LogP contribution in [-0.2, 0) is 0 Å². The first-order chi connectivity index (χ1) is 6.56. The number of benzene rings is 1. The Kier molecular flexibility index (Phi) is 2.98. The van der Waals surface area contributed by atoms with Crippen LogP contribution in [0.25, 0.3) is 0 Å². The zero-order valence-corrected chi connectivity index (χ0v) is 7.40. The van der Waals surface area contributed by atoms with Crippen LogP contribution in [0.4, 0.5) is 10.1 Å². The summed E-state index contributed by atoms with van der Waals surface area (Å²) in [6.45, 7) is 0. The molecule has 14 heavy (non-hydrogen) atoms. The second-order valence-electron chi connectivity index (χ2n) is 2.33. The highest BCUT2D eigenvalue weighted by molar-refractivity contribution is 6.33. The summed E-state index contributed by atoms with van der Waals surface area (Å²) in [7, 11) is 0. The molecule has 0 unspecified atom stereocenters. The lowest BCUT2D eigenvalue weighted by atomic mass is 10.2. The number of hydrogen-bond acceptors (Lipinski definition) is 4. The fourth-order valence-electron chi connectivity index (χ4n) is 0.855. The fourth-order valence-corrected chi connectivity index (χ4v) is 1.05. The molecule has 1 rings (SSSR count). The summed E-state index contributed by atoms with van der Waals surface area (Å²) in [5.74, 6) is -1.03. The minimum Gasteiger partial charge on any atom is -0.411 e. The largest absolute Gasteiger partial charge is 0.411 e. The first-order valence-electron chi connectivity index (χ1n) is 3.37. The Morgan fingerprint density at radius 2 is 2.29 bits per heavy atom. The smallest absolute Gasteiger partial charge is 0.305 e. The molecule has 74 valence electrons. The van der Waals surface area contributed by atoms with Crippen LogP contribution in [0, 0.1) is 15.9 Å². The molecule has 7 heteroatoms. The van der Waals surface area contributed by atoms with Gasteiger partial charge in [0.15, 0.2) is 0 Å². The molecule has 5 nitrogen and oxygen atoms in total. The third-order valence-corrected chi connectivity index (χ3v) is 1.79. The first-order valence-corrected chi connectivity index (χ1v) is 3.75. The van der Waals surface area contributed by atoms with Crippen molar-refractivity contribution in [2.24, 2.45) is 5.16 Å². The van der Waals surface area contributed by atoms with E-state index >= 15 is 0 Å². The van der Waals surface area contributed by atoms with Gasteiger partial charge in [0.25, 0.3) is 0 Å². The van der Waals surface area contributed by atoms with Gasteiger partial charge in [0.05, 0.1) is 16.2 Å². The van der Waals surface area contributed by atoms with Gasteiger partial charge >= 0.3 is 5.69 Å². The Balaban J connectivity index is 3.34. The van der Waals surface area contributed by atoms with Crippen molar-refractivity contribution < 1.29 is 14.5 Å². The van der Waals surface area contributed by atoms with Gasteiger partial charge in [-0.1, -0.05) is 16.8 Å². The molecule has 0 saturated carbocycles. The zero-order valence-electron chi connectivity index (χ0n) is 6.65. The minimum atomic E-state index is -1.03. The summed E-state index contributed by atoms with van der Waals surface area (Å²) >= 11 is 5.52. The quantitative estimate of drug-likeness (QED) is 0.358. The van der Waals surface area contributed by atoms with E-state index in [4.69, 9.17) is 16.8 Å². The molecule has 1 aromatic rings. The van der Waals surface area contributed by atoms with E-state index in [0.29, 0.717) is 0 Å². The SMILES string of the molecule is O=[N+]([O-])c1cc(/C=N/O)c(Cl)cc1F. The highest BCUT2D eigenvalue weighted by atomic mass is 35.5. The minimum absolute atomic E-state index is 0.0640. The van der Waals surface area contributed by atoms with Gasteiger partial charge in [-0.2, -0.15) is 4.39 Å². The normalized spacial score (nSPS) is 10.7. The van der Waals surface area contributed by atoms with E-state index in [9.17, 15) is 14.5 Å². The highest BCUT2D eigenvalue weighted by Crippen LogP contribution is 2.24. The van der Waals surface area contributed by atoms with Gasteiger partial charge in [-0.3, -0.25) is 10.1 Å². The Morgan fingerprint density at radius 3 is 2.79 bits per heavy atom. The summed E-state index contributed by atoms with van der Waals surface area (Å²) in [5.41, 5.74) is -0.647. The molecule has 0 aliphatic carbocycles. The van der Waals surface area contributed by atoms with Gasteiger partial charge in [-0.05, 0) is 0 Å². The molecule has 0 bridgehead atoms. The number of nitro groups is 1. The molecule has 1 aromatic carbocycles. The average Bonchev–Trinajstić information content (AvgIpc) is 2.09. The van der Waals surface area contributed by atoms with Gasteiger partial charge in [-0.15, -0.1) is 0 Å². The molecule has 0 spiro atoms. The zero-order chi connectivity index (χ0) is 10.7. The van der Waals surface area contributed by atoms with Crippen LogP contribution in [0.5, 0.6) is 0 Å². The maximum atomic E-state index is 12.9. The van der Waals surface area contributed by atoms with Crippen molar-refractivity contribution in [1.82, 2.24) is 0 Å². The molecule has 0 amide bonds. The molecular weight excluding hydrogens is 215 g/mol. The summed E-state index contributed by atoms with van der Waals surface area (Å²) in [4.78, 5) is 9.42. The summed E-state index contributed by atoms with van der Waals surface area (Å²) in [6.07, 6.45) is 0.884. The molecule has 0 aliphatic heterocycles. The maximum absolute atomic E-state index is 12.9. The van der Waals surface area contributed by atoms with Gasteiger partial charge in [0, 0.05) is 17.7 Å². The van der Waals surface area contributed by atoms with E-state index in [1.165, 1.54) is 0 Å². The number of nitro benzene ring substituents is 1. The van der Waals surface area contributed by atoms with Crippen LogP contribution in [0.3, 0.4) is 0 Å². The van der Waals surface area contributed by atoms with Crippen molar-refractivity contribution in [2.45, 2.75) is 0 Å². The molecular formula is C7H4ClFN2O3. The summed E-state index contributed by atoms with van der Waals surface area (Å²) in [6, 6.07) is 1.67. The average molecular weight is 219 g/mol. The second-order valence-corrected chi connectivity index (χ2v) is 2.73. The van der Waals surface area contributed by atoms with Crippen molar-refractivity contribution in [3.8, 4) is 0 Å². The third kappa shape index (κ3) is 1.97. The van der Waals surface area contributed by atoms with Crippen LogP contribution in [0.15, 0.2) is 17.3 Å². The Morgan fingerprint density at radius 1 is 1.64 bits per heavy atom. The van der Waals surface area contributed by atoms with Gasteiger partial charge < -0.3 is 5.21 Å². The van der Waals surface area contributed by atoms with Crippen LogP contribution >= 0.6 is 11.6 Å². The Hall–Kier alpha value is -1.69. The molecule has 0 radical (unpaired) electrons. The molecule has 0 saturated heterocycles. The number of oxime groups is 1. The predicted octanol–water partition coefficient (Wildman–Crippen LogP) is 2.20. The van der Waals surface area contributed by atoms with E-state index < -0.39 is 16.4 Å². The molecule has 0 aromatic heterocycles. The van der Waals surface area contributed by atoms with E-state index in [2.05, 4.69) is 5.16 Å². The van der Waals surface area contributed by atoms with E-state index in [-0.39, 0.29) is 10.6 Å². The molecule has 0 fully saturated rings. The molecule has 0 heterocycles. The summed E-state index contributed by atoms with van der Waals surface area (Å²) in [5, 5.41) is 21.1. The standard InChI is InChI=1S/C7H4ClFN2O3/c8-5-2-6(9)7(11(13)14)1-4(5)3-10-12/h1-3,12H/b10-3+. The fraction of sp³-hybridized carbons (Fsp3) is 0. The Labute approximate surface area is 82.6 Å².